The maximum atomic E-state index is 12.2. The van der Waals surface area contributed by atoms with Gasteiger partial charge in [-0.05, 0) is 51.8 Å². The summed E-state index contributed by atoms with van der Waals surface area (Å²) in [5.41, 5.74) is 1.27. The van der Waals surface area contributed by atoms with E-state index >= 15 is 0 Å². The molecule has 0 aliphatic carbocycles. The molecule has 2 aromatic rings. The number of aromatic nitrogens is 1. The topological polar surface area (TPSA) is 36.4 Å². The number of halogens is 1. The molecule has 0 unspecified atom stereocenters. The van der Waals surface area contributed by atoms with Gasteiger partial charge in [0.05, 0.1) is 3.79 Å². The van der Waals surface area contributed by atoms with Crippen LogP contribution in [0.25, 0.3) is 6.08 Å². The van der Waals surface area contributed by atoms with Crippen LogP contribution in [-0.4, -0.2) is 46.9 Å². The van der Waals surface area contributed by atoms with Crippen molar-refractivity contribution in [3.8, 4) is 0 Å². The number of nitrogens with zero attached hydrogens (tertiary/aromatic N) is 3. The molecule has 4 nitrogen and oxygen atoms in total. The molecular weight excluding hydrogens is 374 g/mol. The molecule has 0 radical (unpaired) electrons. The van der Waals surface area contributed by atoms with Gasteiger partial charge in [0.15, 0.2) is 0 Å². The van der Waals surface area contributed by atoms with Crippen molar-refractivity contribution >= 4 is 39.2 Å². The van der Waals surface area contributed by atoms with Gasteiger partial charge in [-0.3, -0.25) is 14.7 Å². The van der Waals surface area contributed by atoms with Crippen molar-refractivity contribution in [1.82, 2.24) is 14.8 Å². The zero-order valence-corrected chi connectivity index (χ0v) is 15.1. The lowest BCUT2D eigenvalue weighted by Gasteiger charge is -2.34. The average Bonchev–Trinajstić information content (AvgIpc) is 3.00. The van der Waals surface area contributed by atoms with Crippen molar-refractivity contribution in [1.29, 1.82) is 0 Å². The van der Waals surface area contributed by atoms with Gasteiger partial charge in [0.25, 0.3) is 0 Å². The maximum absolute atomic E-state index is 12.2. The van der Waals surface area contributed by atoms with Crippen LogP contribution >= 0.6 is 27.3 Å². The van der Waals surface area contributed by atoms with Gasteiger partial charge in [-0.25, -0.2) is 0 Å². The molecule has 6 heteroatoms. The number of pyridine rings is 1. The van der Waals surface area contributed by atoms with Crippen LogP contribution in [-0.2, 0) is 11.3 Å². The number of carbonyl (C=O) groups is 1. The second-order valence-corrected chi connectivity index (χ2v) is 7.93. The molecule has 0 N–H and O–H groups in total. The lowest BCUT2D eigenvalue weighted by molar-refractivity contribution is -0.127. The van der Waals surface area contributed by atoms with E-state index in [4.69, 9.17) is 0 Å². The molecule has 23 heavy (non-hydrogen) atoms. The van der Waals surface area contributed by atoms with Crippen molar-refractivity contribution in [3.05, 3.63) is 57.0 Å². The number of hydrogen-bond acceptors (Lipinski definition) is 4. The second-order valence-electron chi connectivity index (χ2n) is 5.43. The second kappa shape index (κ2) is 7.86. The average molecular weight is 392 g/mol. The number of thiophene rings is 1. The van der Waals surface area contributed by atoms with E-state index < -0.39 is 0 Å². The molecule has 1 aliphatic heterocycles. The Hall–Kier alpha value is -1.50. The van der Waals surface area contributed by atoms with Crippen LogP contribution in [0.5, 0.6) is 0 Å². The van der Waals surface area contributed by atoms with E-state index in [2.05, 4.69) is 25.8 Å². The van der Waals surface area contributed by atoms with Gasteiger partial charge in [-0.2, -0.15) is 0 Å². The fourth-order valence-electron chi connectivity index (χ4n) is 2.55. The fraction of sp³-hybridized carbons (Fsp3) is 0.294. The molecule has 1 amide bonds. The molecule has 0 spiro atoms. The summed E-state index contributed by atoms with van der Waals surface area (Å²) >= 11 is 5.05. The summed E-state index contributed by atoms with van der Waals surface area (Å²) in [6.45, 7) is 4.30. The zero-order valence-electron chi connectivity index (χ0n) is 12.7. The van der Waals surface area contributed by atoms with Crippen LogP contribution in [0.2, 0.25) is 0 Å². The molecule has 0 bridgehead atoms. The Morgan fingerprint density at radius 2 is 1.91 bits per heavy atom. The third-order valence-electron chi connectivity index (χ3n) is 3.82. The molecule has 0 aromatic carbocycles. The van der Waals surface area contributed by atoms with Gasteiger partial charge in [0.1, 0.15) is 0 Å². The lowest BCUT2D eigenvalue weighted by atomic mass is 10.2. The van der Waals surface area contributed by atoms with Gasteiger partial charge in [-0.1, -0.05) is 0 Å². The molecular formula is C17H18BrN3OS. The smallest absolute Gasteiger partial charge is 0.246 e. The van der Waals surface area contributed by atoms with Crippen LogP contribution in [0.3, 0.4) is 0 Å². The first kappa shape index (κ1) is 16.4. The van der Waals surface area contributed by atoms with E-state index in [-0.39, 0.29) is 5.91 Å². The summed E-state index contributed by atoms with van der Waals surface area (Å²) < 4.78 is 1.08. The third-order valence-corrected chi connectivity index (χ3v) is 5.41. The Bertz CT molecular complexity index is 678. The summed E-state index contributed by atoms with van der Waals surface area (Å²) in [5, 5.41) is 0. The highest BCUT2D eigenvalue weighted by molar-refractivity contribution is 9.11. The predicted octanol–water partition coefficient (Wildman–Crippen LogP) is 3.26. The zero-order chi connectivity index (χ0) is 16.1. The number of hydrogen-bond donors (Lipinski definition) is 0. The number of carbonyl (C=O) groups excluding carboxylic acids is 1. The minimum atomic E-state index is 0.0954. The largest absolute Gasteiger partial charge is 0.337 e. The van der Waals surface area contributed by atoms with Gasteiger partial charge < -0.3 is 4.90 Å². The number of piperazine rings is 1. The van der Waals surface area contributed by atoms with Gasteiger partial charge >= 0.3 is 0 Å². The summed E-state index contributed by atoms with van der Waals surface area (Å²) in [6.07, 6.45) is 7.21. The van der Waals surface area contributed by atoms with Crippen LogP contribution in [0.1, 0.15) is 10.4 Å². The quantitative estimate of drug-likeness (QED) is 0.750. The minimum absolute atomic E-state index is 0.0954. The van der Waals surface area contributed by atoms with E-state index in [1.54, 1.807) is 17.4 Å². The van der Waals surface area contributed by atoms with Gasteiger partial charge in [0, 0.05) is 56.1 Å². The van der Waals surface area contributed by atoms with Gasteiger partial charge in [0.2, 0.25) is 5.91 Å². The molecule has 1 saturated heterocycles. The normalized spacial score (nSPS) is 16.1. The minimum Gasteiger partial charge on any atom is -0.337 e. The summed E-state index contributed by atoms with van der Waals surface area (Å²) in [7, 11) is 0. The highest BCUT2D eigenvalue weighted by atomic mass is 79.9. The Kier molecular flexibility index (Phi) is 5.59. The van der Waals surface area contributed by atoms with Crippen LogP contribution in [0.4, 0.5) is 0 Å². The molecule has 1 aliphatic rings. The molecule has 3 rings (SSSR count). The van der Waals surface area contributed by atoms with Crippen LogP contribution < -0.4 is 0 Å². The van der Waals surface area contributed by atoms with Crippen molar-refractivity contribution in [3.63, 3.8) is 0 Å². The first-order chi connectivity index (χ1) is 11.2. The Balaban J connectivity index is 1.48. The number of amides is 1. The number of rotatable bonds is 4. The van der Waals surface area contributed by atoms with Crippen molar-refractivity contribution in [2.24, 2.45) is 0 Å². The Morgan fingerprint density at radius 1 is 1.17 bits per heavy atom. The van der Waals surface area contributed by atoms with E-state index in [1.807, 2.05) is 47.6 Å². The molecule has 1 fully saturated rings. The summed E-state index contributed by atoms with van der Waals surface area (Å²) in [6, 6.07) is 8.08. The van der Waals surface area contributed by atoms with Crippen molar-refractivity contribution in [2.45, 2.75) is 6.54 Å². The first-order valence-electron chi connectivity index (χ1n) is 7.54. The van der Waals surface area contributed by atoms with Crippen LogP contribution in [0.15, 0.2) is 46.5 Å². The predicted molar refractivity (Wildman–Crippen MR) is 97.1 cm³/mol. The highest BCUT2D eigenvalue weighted by Crippen LogP contribution is 2.23. The highest BCUT2D eigenvalue weighted by Gasteiger charge is 2.19. The maximum Gasteiger partial charge on any atom is 0.246 e. The van der Waals surface area contributed by atoms with Crippen molar-refractivity contribution in [2.75, 3.05) is 26.2 Å². The first-order valence-corrected chi connectivity index (χ1v) is 9.15. The standard InChI is InChI=1S/C17H18BrN3OS/c18-16-3-1-15(23-16)2-4-17(22)21-11-9-20(10-12-21)13-14-5-7-19-8-6-14/h1-8H,9-13H2/b4-2+. The van der Waals surface area contributed by atoms with E-state index in [1.165, 1.54) is 5.56 Å². The fourth-order valence-corrected chi connectivity index (χ4v) is 3.88. The molecule has 2 aromatic heterocycles. The summed E-state index contributed by atoms with van der Waals surface area (Å²) in [4.78, 5) is 21.7. The Morgan fingerprint density at radius 3 is 2.57 bits per heavy atom. The molecule has 0 atom stereocenters. The van der Waals surface area contributed by atoms with Gasteiger partial charge in [-0.15, -0.1) is 11.3 Å². The SMILES string of the molecule is O=C(/C=C/c1ccc(Br)s1)N1CCN(Cc2ccncc2)CC1. The molecule has 120 valence electrons. The van der Waals surface area contributed by atoms with Crippen molar-refractivity contribution < 1.29 is 4.79 Å². The lowest BCUT2D eigenvalue weighted by Crippen LogP contribution is -2.47. The Labute approximate surface area is 148 Å². The monoisotopic (exact) mass is 391 g/mol. The molecule has 3 heterocycles. The van der Waals surface area contributed by atoms with E-state index in [0.29, 0.717) is 0 Å². The molecule has 0 saturated carbocycles. The van der Waals surface area contributed by atoms with Crippen LogP contribution in [0, 0.1) is 0 Å². The summed E-state index contributed by atoms with van der Waals surface area (Å²) in [5.74, 6) is 0.0954. The van der Waals surface area contributed by atoms with E-state index in [0.717, 1.165) is 41.4 Å². The third kappa shape index (κ3) is 4.73. The van der Waals surface area contributed by atoms with E-state index in [9.17, 15) is 4.79 Å².